The van der Waals surface area contributed by atoms with Gasteiger partial charge in [0.05, 0.1) is 17.6 Å². The molecule has 1 rings (SSSR count). The molecule has 21 heavy (non-hydrogen) atoms. The fourth-order valence-corrected chi connectivity index (χ4v) is 3.32. The summed E-state index contributed by atoms with van der Waals surface area (Å²) in [4.78, 5) is 22.2. The Morgan fingerprint density at radius 3 is 2.29 bits per heavy atom. The smallest absolute Gasteiger partial charge is 0.335 e. The average molecular weight is 315 g/mol. The van der Waals surface area contributed by atoms with Crippen LogP contribution in [0.2, 0.25) is 0 Å². The molecule has 0 saturated carbocycles. The van der Waals surface area contributed by atoms with E-state index in [1.165, 1.54) is 13.0 Å². The predicted molar refractivity (Wildman–Crippen MR) is 74.7 cm³/mol. The number of sulfonamides is 1. The molecule has 8 heteroatoms. The quantitative estimate of drug-likeness (QED) is 0.779. The third-order valence-electron chi connectivity index (χ3n) is 2.93. The molecule has 7 nitrogen and oxygen atoms in total. The van der Waals surface area contributed by atoms with Crippen molar-refractivity contribution in [3.05, 3.63) is 28.8 Å². The largest absolute Gasteiger partial charge is 0.478 e. The SMILES string of the molecule is COC(=O)C(C)NS(=O)(=O)c1cc(C(=O)O)c(C)cc1C. The number of carboxylic acid groups (broad SMARTS) is 1. The Morgan fingerprint density at radius 1 is 1.24 bits per heavy atom. The highest BCUT2D eigenvalue weighted by atomic mass is 32.2. The lowest BCUT2D eigenvalue weighted by Gasteiger charge is -2.15. The van der Waals surface area contributed by atoms with Gasteiger partial charge in [0, 0.05) is 0 Å². The van der Waals surface area contributed by atoms with Crippen LogP contribution in [-0.2, 0) is 19.6 Å². The van der Waals surface area contributed by atoms with E-state index in [0.29, 0.717) is 11.1 Å². The molecule has 0 aliphatic carbocycles. The minimum Gasteiger partial charge on any atom is -0.478 e. The molecule has 1 aromatic carbocycles. The summed E-state index contributed by atoms with van der Waals surface area (Å²) in [6.45, 7) is 4.47. The van der Waals surface area contributed by atoms with Crippen molar-refractivity contribution >= 4 is 22.0 Å². The first-order valence-corrected chi connectivity index (χ1v) is 7.53. The summed E-state index contributed by atoms with van der Waals surface area (Å²) in [5, 5.41) is 9.07. The summed E-state index contributed by atoms with van der Waals surface area (Å²) < 4.78 is 31.1. The third-order valence-corrected chi connectivity index (χ3v) is 4.61. The topological polar surface area (TPSA) is 110 Å². The zero-order chi connectivity index (χ0) is 16.4. The Morgan fingerprint density at radius 2 is 1.81 bits per heavy atom. The molecule has 1 aromatic rings. The van der Waals surface area contributed by atoms with Gasteiger partial charge in [0.1, 0.15) is 6.04 Å². The Labute approximate surface area is 123 Å². The van der Waals surface area contributed by atoms with Gasteiger partial charge in [0.2, 0.25) is 10.0 Å². The van der Waals surface area contributed by atoms with Crippen molar-refractivity contribution in [3.63, 3.8) is 0 Å². The molecule has 0 bridgehead atoms. The van der Waals surface area contributed by atoms with Gasteiger partial charge in [0.15, 0.2) is 0 Å². The maximum Gasteiger partial charge on any atom is 0.335 e. The Kier molecular flexibility index (Phi) is 5.08. The van der Waals surface area contributed by atoms with E-state index in [1.54, 1.807) is 13.8 Å². The van der Waals surface area contributed by atoms with Crippen molar-refractivity contribution in [1.82, 2.24) is 4.72 Å². The van der Waals surface area contributed by atoms with Gasteiger partial charge in [-0.1, -0.05) is 6.07 Å². The first-order chi connectivity index (χ1) is 9.60. The molecular formula is C13H17NO6S. The van der Waals surface area contributed by atoms with Crippen LogP contribution in [0.3, 0.4) is 0 Å². The maximum atomic E-state index is 12.3. The average Bonchev–Trinajstić information content (AvgIpc) is 2.36. The van der Waals surface area contributed by atoms with Gasteiger partial charge < -0.3 is 9.84 Å². The second kappa shape index (κ2) is 6.23. The highest BCUT2D eigenvalue weighted by Gasteiger charge is 2.25. The second-order valence-corrected chi connectivity index (χ2v) is 6.29. The Balaban J connectivity index is 3.29. The summed E-state index contributed by atoms with van der Waals surface area (Å²) in [6, 6.07) is 1.48. The van der Waals surface area contributed by atoms with Crippen LogP contribution in [-0.4, -0.2) is 38.6 Å². The molecule has 0 amide bonds. The molecule has 0 fully saturated rings. The molecule has 2 N–H and O–H groups in total. The van der Waals surface area contributed by atoms with Crippen molar-refractivity contribution < 1.29 is 27.9 Å². The molecule has 0 aliphatic rings. The number of carbonyl (C=O) groups is 2. The molecule has 116 valence electrons. The van der Waals surface area contributed by atoms with Crippen LogP contribution in [0.4, 0.5) is 0 Å². The van der Waals surface area contributed by atoms with Gasteiger partial charge >= 0.3 is 11.9 Å². The zero-order valence-electron chi connectivity index (χ0n) is 12.1. The van der Waals surface area contributed by atoms with Crippen LogP contribution >= 0.6 is 0 Å². The van der Waals surface area contributed by atoms with E-state index in [4.69, 9.17) is 5.11 Å². The van der Waals surface area contributed by atoms with Gasteiger partial charge in [-0.3, -0.25) is 4.79 Å². The lowest BCUT2D eigenvalue weighted by atomic mass is 10.1. The van der Waals surface area contributed by atoms with Gasteiger partial charge in [-0.2, -0.15) is 4.72 Å². The number of esters is 1. The van der Waals surface area contributed by atoms with E-state index in [9.17, 15) is 18.0 Å². The van der Waals surface area contributed by atoms with Crippen LogP contribution in [0.15, 0.2) is 17.0 Å². The van der Waals surface area contributed by atoms with E-state index >= 15 is 0 Å². The van der Waals surface area contributed by atoms with Crippen LogP contribution in [0.5, 0.6) is 0 Å². The number of aryl methyl sites for hydroxylation is 2. The summed E-state index contributed by atoms with van der Waals surface area (Å²) in [5.41, 5.74) is 0.744. The number of benzene rings is 1. The maximum absolute atomic E-state index is 12.3. The highest BCUT2D eigenvalue weighted by molar-refractivity contribution is 7.89. The summed E-state index contributed by atoms with van der Waals surface area (Å²) >= 11 is 0. The van der Waals surface area contributed by atoms with Gasteiger partial charge in [-0.25, -0.2) is 13.2 Å². The standard InChI is InChI=1S/C13H17NO6S/c1-7-5-8(2)11(6-10(7)12(15)16)21(18,19)14-9(3)13(17)20-4/h5-6,9,14H,1-4H3,(H,15,16). The predicted octanol–water partition coefficient (Wildman–Crippen LogP) is 0.841. The molecule has 0 radical (unpaired) electrons. The van der Waals surface area contributed by atoms with Crippen LogP contribution in [0.1, 0.15) is 28.4 Å². The summed E-state index contributed by atoms with van der Waals surface area (Å²) in [6.07, 6.45) is 0. The van der Waals surface area contributed by atoms with Gasteiger partial charge in [-0.05, 0) is 38.0 Å². The van der Waals surface area contributed by atoms with Gasteiger partial charge in [-0.15, -0.1) is 0 Å². The van der Waals surface area contributed by atoms with E-state index in [1.807, 2.05) is 0 Å². The lowest BCUT2D eigenvalue weighted by Crippen LogP contribution is -2.39. The number of hydrogen-bond donors (Lipinski definition) is 2. The molecular weight excluding hydrogens is 298 g/mol. The van der Waals surface area contributed by atoms with Crippen LogP contribution < -0.4 is 4.72 Å². The molecule has 0 aliphatic heterocycles. The normalized spacial score (nSPS) is 12.8. The molecule has 1 atom stereocenters. The zero-order valence-corrected chi connectivity index (χ0v) is 12.9. The Hall–Kier alpha value is -1.93. The van der Waals surface area contributed by atoms with E-state index in [2.05, 4.69) is 9.46 Å². The van der Waals surface area contributed by atoms with Crippen LogP contribution in [0, 0.1) is 13.8 Å². The molecule has 0 spiro atoms. The number of aromatic carboxylic acids is 1. The van der Waals surface area contributed by atoms with E-state index in [-0.39, 0.29) is 10.5 Å². The minimum atomic E-state index is -4.03. The monoisotopic (exact) mass is 315 g/mol. The first kappa shape index (κ1) is 17.1. The summed E-state index contributed by atoms with van der Waals surface area (Å²) in [7, 11) is -2.89. The number of hydrogen-bond acceptors (Lipinski definition) is 5. The van der Waals surface area contributed by atoms with Crippen molar-refractivity contribution in [2.75, 3.05) is 7.11 Å². The van der Waals surface area contributed by atoms with Crippen molar-refractivity contribution in [2.45, 2.75) is 31.7 Å². The number of rotatable bonds is 5. The fourth-order valence-electron chi connectivity index (χ4n) is 1.87. The fraction of sp³-hybridized carbons (Fsp3) is 0.385. The van der Waals surface area contributed by atoms with E-state index < -0.39 is 28.0 Å². The highest BCUT2D eigenvalue weighted by Crippen LogP contribution is 2.21. The number of methoxy groups -OCH3 is 1. The number of carbonyl (C=O) groups excluding carboxylic acids is 1. The van der Waals surface area contributed by atoms with Crippen molar-refractivity contribution in [3.8, 4) is 0 Å². The van der Waals surface area contributed by atoms with Crippen molar-refractivity contribution in [2.24, 2.45) is 0 Å². The summed E-state index contributed by atoms with van der Waals surface area (Å²) in [5.74, 6) is -1.95. The first-order valence-electron chi connectivity index (χ1n) is 6.05. The van der Waals surface area contributed by atoms with E-state index in [0.717, 1.165) is 13.2 Å². The number of carboxylic acids is 1. The third kappa shape index (κ3) is 3.79. The lowest BCUT2D eigenvalue weighted by molar-refractivity contribution is -0.142. The molecule has 0 aromatic heterocycles. The van der Waals surface area contributed by atoms with Crippen LogP contribution in [0.25, 0.3) is 0 Å². The number of nitrogens with one attached hydrogen (secondary N) is 1. The second-order valence-electron chi connectivity index (χ2n) is 4.60. The Bertz CT molecular complexity index is 680. The molecule has 1 unspecified atom stereocenters. The molecule has 0 saturated heterocycles. The van der Waals surface area contributed by atoms with Gasteiger partial charge in [0.25, 0.3) is 0 Å². The van der Waals surface area contributed by atoms with Crippen molar-refractivity contribution in [1.29, 1.82) is 0 Å². The molecule has 0 heterocycles. The number of ether oxygens (including phenoxy) is 1. The minimum absolute atomic E-state index is 0.105.